The van der Waals surface area contributed by atoms with E-state index >= 15 is 0 Å². The minimum Gasteiger partial charge on any atom is -0.496 e. The summed E-state index contributed by atoms with van der Waals surface area (Å²) in [6.45, 7) is 0. The summed E-state index contributed by atoms with van der Waals surface area (Å²) in [6.07, 6.45) is 1.38. The number of hydrogen-bond acceptors (Lipinski definition) is 4. The maximum absolute atomic E-state index is 13.3. The Labute approximate surface area is 166 Å². The molecule has 0 spiro atoms. The number of methoxy groups -OCH3 is 1. The number of nitrogens with zero attached hydrogens (tertiary/aromatic N) is 1. The molecular formula is C23H17FN2O3. The Hall–Kier alpha value is -3.93. The first-order valence-electron chi connectivity index (χ1n) is 8.90. The first-order valence-corrected chi connectivity index (χ1v) is 8.90. The van der Waals surface area contributed by atoms with Crippen LogP contribution in [0.1, 0.15) is 16.1 Å². The lowest BCUT2D eigenvalue weighted by Crippen LogP contribution is -2.18. The molecule has 3 aromatic carbocycles. The molecule has 0 aliphatic rings. The zero-order valence-electron chi connectivity index (χ0n) is 15.6. The highest BCUT2D eigenvalue weighted by molar-refractivity contribution is 6.01. The molecule has 0 atom stereocenters. The van der Waals surface area contributed by atoms with Crippen LogP contribution < -0.4 is 10.2 Å². The van der Waals surface area contributed by atoms with E-state index in [1.807, 2.05) is 30.3 Å². The number of hydrogen-bond donors (Lipinski definition) is 1. The first-order chi connectivity index (χ1) is 14.1. The van der Waals surface area contributed by atoms with Crippen LogP contribution in [-0.2, 0) is 0 Å². The van der Waals surface area contributed by atoms with Gasteiger partial charge >= 0.3 is 0 Å². The molecule has 1 amide bonds. The zero-order chi connectivity index (χ0) is 20.2. The van der Waals surface area contributed by atoms with Crippen LogP contribution in [0, 0.1) is 5.82 Å². The highest BCUT2D eigenvalue weighted by Crippen LogP contribution is 2.26. The van der Waals surface area contributed by atoms with Gasteiger partial charge in [-0.05, 0) is 47.2 Å². The topological polar surface area (TPSA) is 63.8 Å². The second-order valence-electron chi connectivity index (χ2n) is 6.31. The van der Waals surface area contributed by atoms with E-state index in [-0.39, 0.29) is 5.82 Å². The third kappa shape index (κ3) is 4.01. The molecule has 4 rings (SSSR count). The first kappa shape index (κ1) is 18.4. The number of ether oxygens (including phenoxy) is 1. The van der Waals surface area contributed by atoms with Crippen LogP contribution in [0.15, 0.2) is 82.3 Å². The standard InChI is InChI=1S/C23H17FN2O3/c1-28-22-13-16-6-3-2-5-15(16)12-20(22)23(27)26-25-14-19-9-10-21(29-19)17-7-4-8-18(24)11-17/h2-14H,1H3,(H,26,27)/b25-14-. The number of carbonyl (C=O) groups excluding carboxylic acids is 1. The van der Waals surface area contributed by atoms with Gasteiger partial charge in [-0.1, -0.05) is 36.4 Å². The molecule has 0 bridgehead atoms. The number of carbonyl (C=O) groups is 1. The summed E-state index contributed by atoms with van der Waals surface area (Å²) < 4.78 is 24.3. The van der Waals surface area contributed by atoms with E-state index in [4.69, 9.17) is 9.15 Å². The molecule has 0 aliphatic heterocycles. The van der Waals surface area contributed by atoms with Gasteiger partial charge in [-0.3, -0.25) is 4.79 Å². The fraction of sp³-hybridized carbons (Fsp3) is 0.0435. The van der Waals surface area contributed by atoms with Crippen molar-refractivity contribution in [3.63, 3.8) is 0 Å². The third-order valence-electron chi connectivity index (χ3n) is 4.41. The lowest BCUT2D eigenvalue weighted by molar-refractivity contribution is 0.0952. The summed E-state index contributed by atoms with van der Waals surface area (Å²) in [5, 5.41) is 5.85. The minimum absolute atomic E-state index is 0.342. The van der Waals surface area contributed by atoms with E-state index in [1.165, 1.54) is 25.5 Å². The van der Waals surface area contributed by atoms with Crippen LogP contribution in [0.4, 0.5) is 4.39 Å². The van der Waals surface area contributed by atoms with Crippen molar-refractivity contribution in [1.82, 2.24) is 5.43 Å². The molecule has 0 radical (unpaired) electrons. The molecular weight excluding hydrogens is 371 g/mol. The van der Waals surface area contributed by atoms with Crippen molar-refractivity contribution in [2.45, 2.75) is 0 Å². The lowest BCUT2D eigenvalue weighted by atomic mass is 10.1. The number of fused-ring (bicyclic) bond motifs is 1. The Balaban J connectivity index is 1.50. The lowest BCUT2D eigenvalue weighted by Gasteiger charge is -2.09. The fourth-order valence-corrected chi connectivity index (χ4v) is 3.00. The summed E-state index contributed by atoms with van der Waals surface area (Å²) in [4.78, 5) is 12.5. The van der Waals surface area contributed by atoms with E-state index in [0.717, 1.165) is 10.8 Å². The Bertz CT molecular complexity index is 1210. The van der Waals surface area contributed by atoms with Crippen molar-refractivity contribution < 1.29 is 18.3 Å². The van der Waals surface area contributed by atoms with Gasteiger partial charge in [0.2, 0.25) is 0 Å². The summed E-state index contributed by atoms with van der Waals surface area (Å²) in [5.41, 5.74) is 3.47. The monoisotopic (exact) mass is 388 g/mol. The second-order valence-corrected chi connectivity index (χ2v) is 6.31. The predicted molar refractivity (Wildman–Crippen MR) is 110 cm³/mol. The largest absolute Gasteiger partial charge is 0.496 e. The van der Waals surface area contributed by atoms with E-state index in [2.05, 4.69) is 10.5 Å². The second kappa shape index (κ2) is 7.98. The highest BCUT2D eigenvalue weighted by atomic mass is 19.1. The maximum Gasteiger partial charge on any atom is 0.275 e. The number of amides is 1. The number of halogens is 1. The van der Waals surface area contributed by atoms with E-state index in [0.29, 0.717) is 28.4 Å². The van der Waals surface area contributed by atoms with Crippen LogP contribution in [0.5, 0.6) is 5.75 Å². The minimum atomic E-state index is -0.402. The van der Waals surface area contributed by atoms with E-state index < -0.39 is 5.91 Å². The van der Waals surface area contributed by atoms with Crippen LogP contribution in [0.3, 0.4) is 0 Å². The van der Waals surface area contributed by atoms with Crippen molar-refractivity contribution in [1.29, 1.82) is 0 Å². The maximum atomic E-state index is 13.3. The Morgan fingerprint density at radius 3 is 2.59 bits per heavy atom. The normalized spacial score (nSPS) is 11.1. The van der Waals surface area contributed by atoms with Crippen LogP contribution in [0.25, 0.3) is 22.1 Å². The number of hydrazone groups is 1. The average molecular weight is 388 g/mol. The van der Waals surface area contributed by atoms with Crippen molar-refractivity contribution in [2.75, 3.05) is 7.11 Å². The molecule has 1 aromatic heterocycles. The quantitative estimate of drug-likeness (QED) is 0.386. The molecule has 29 heavy (non-hydrogen) atoms. The van der Waals surface area contributed by atoms with Gasteiger partial charge in [0.1, 0.15) is 23.1 Å². The number of rotatable bonds is 5. The van der Waals surface area contributed by atoms with E-state index in [1.54, 1.807) is 30.3 Å². The number of furan rings is 1. The van der Waals surface area contributed by atoms with Gasteiger partial charge < -0.3 is 9.15 Å². The third-order valence-corrected chi connectivity index (χ3v) is 4.41. The number of benzene rings is 3. The molecule has 0 saturated heterocycles. The molecule has 1 N–H and O–H groups in total. The molecule has 0 fully saturated rings. The smallest absolute Gasteiger partial charge is 0.275 e. The van der Waals surface area contributed by atoms with Crippen molar-refractivity contribution >= 4 is 22.9 Å². The van der Waals surface area contributed by atoms with Gasteiger partial charge in [-0.15, -0.1) is 0 Å². The summed E-state index contributed by atoms with van der Waals surface area (Å²) >= 11 is 0. The van der Waals surface area contributed by atoms with Gasteiger partial charge in [0.15, 0.2) is 0 Å². The fourth-order valence-electron chi connectivity index (χ4n) is 3.00. The molecule has 1 heterocycles. The number of nitrogens with one attached hydrogen (secondary N) is 1. The van der Waals surface area contributed by atoms with E-state index in [9.17, 15) is 9.18 Å². The molecule has 0 aliphatic carbocycles. The highest BCUT2D eigenvalue weighted by Gasteiger charge is 2.13. The van der Waals surface area contributed by atoms with Gasteiger partial charge in [-0.2, -0.15) is 5.10 Å². The summed E-state index contributed by atoms with van der Waals surface area (Å²) in [7, 11) is 1.51. The average Bonchev–Trinajstić information content (AvgIpc) is 3.21. The van der Waals surface area contributed by atoms with Gasteiger partial charge in [-0.25, -0.2) is 9.82 Å². The van der Waals surface area contributed by atoms with Crippen LogP contribution in [0.2, 0.25) is 0 Å². The molecule has 144 valence electrons. The Morgan fingerprint density at radius 2 is 1.83 bits per heavy atom. The van der Waals surface area contributed by atoms with Crippen LogP contribution in [-0.4, -0.2) is 19.2 Å². The van der Waals surface area contributed by atoms with Gasteiger partial charge in [0, 0.05) is 5.56 Å². The molecule has 4 aromatic rings. The Morgan fingerprint density at radius 1 is 1.03 bits per heavy atom. The SMILES string of the molecule is COc1cc2ccccc2cc1C(=O)N/N=C\c1ccc(-c2cccc(F)c2)o1. The van der Waals surface area contributed by atoms with Crippen LogP contribution >= 0.6 is 0 Å². The van der Waals surface area contributed by atoms with Crippen molar-refractivity contribution in [3.8, 4) is 17.1 Å². The molecule has 6 heteroatoms. The molecule has 0 saturated carbocycles. The summed E-state index contributed by atoms with van der Waals surface area (Å²) in [6, 6.07) is 20.8. The van der Waals surface area contributed by atoms with Gasteiger partial charge in [0.05, 0.1) is 18.9 Å². The molecule has 0 unspecified atom stereocenters. The van der Waals surface area contributed by atoms with Gasteiger partial charge in [0.25, 0.3) is 5.91 Å². The van der Waals surface area contributed by atoms with Crippen molar-refractivity contribution in [3.05, 3.63) is 89.9 Å². The Kier molecular flexibility index (Phi) is 5.07. The zero-order valence-corrected chi connectivity index (χ0v) is 15.6. The predicted octanol–water partition coefficient (Wildman–Crippen LogP) is 5.01. The molecule has 5 nitrogen and oxygen atoms in total. The summed E-state index contributed by atoms with van der Waals surface area (Å²) in [5.74, 6) is 0.651. The van der Waals surface area contributed by atoms with Crippen molar-refractivity contribution in [2.24, 2.45) is 5.10 Å².